The Kier molecular flexibility index (Phi) is 8.99. The number of sulfonamides is 1. The smallest absolute Gasteiger partial charge is 0.335 e. The van der Waals surface area contributed by atoms with Crippen molar-refractivity contribution in [3.63, 3.8) is 0 Å². The molecule has 42 heavy (non-hydrogen) atoms. The number of benzene rings is 3. The molecule has 5 rings (SSSR count). The van der Waals surface area contributed by atoms with Gasteiger partial charge in [-0.05, 0) is 80.1 Å². The van der Waals surface area contributed by atoms with Crippen molar-refractivity contribution in [2.24, 2.45) is 0 Å². The molecule has 9 heteroatoms. The van der Waals surface area contributed by atoms with E-state index in [2.05, 4.69) is 18.7 Å². The number of carboxylic acids is 1. The molecule has 1 heterocycles. The van der Waals surface area contributed by atoms with E-state index in [0.717, 1.165) is 22.0 Å². The molecule has 0 radical (unpaired) electrons. The minimum Gasteiger partial charge on any atom is -0.478 e. The van der Waals surface area contributed by atoms with Gasteiger partial charge in [-0.15, -0.1) is 11.3 Å². The van der Waals surface area contributed by atoms with Crippen LogP contribution in [0.25, 0.3) is 11.3 Å². The lowest BCUT2D eigenvalue weighted by Crippen LogP contribution is -2.30. The van der Waals surface area contributed by atoms with E-state index in [1.165, 1.54) is 42.0 Å². The maximum Gasteiger partial charge on any atom is 0.335 e. The number of hydrogen-bond acceptors (Lipinski definition) is 6. The van der Waals surface area contributed by atoms with Gasteiger partial charge in [-0.1, -0.05) is 55.7 Å². The summed E-state index contributed by atoms with van der Waals surface area (Å²) in [5, 5.41) is 12.0. The first kappa shape index (κ1) is 29.8. The van der Waals surface area contributed by atoms with E-state index in [-0.39, 0.29) is 11.6 Å². The molecule has 0 spiro atoms. The van der Waals surface area contributed by atoms with Gasteiger partial charge in [0.25, 0.3) is 10.0 Å². The van der Waals surface area contributed by atoms with Gasteiger partial charge >= 0.3 is 5.97 Å². The molecule has 3 aromatic carbocycles. The van der Waals surface area contributed by atoms with Crippen LogP contribution in [0, 0.1) is 0 Å². The topological polar surface area (TPSA) is 90.8 Å². The first-order chi connectivity index (χ1) is 20.1. The monoisotopic (exact) mass is 603 g/mol. The van der Waals surface area contributed by atoms with Crippen molar-refractivity contribution in [1.82, 2.24) is 4.98 Å². The third-order valence-corrected chi connectivity index (χ3v) is 10.7. The Balaban J connectivity index is 1.28. The molecule has 0 aliphatic heterocycles. The summed E-state index contributed by atoms with van der Waals surface area (Å²) >= 11 is 1.55. The molecule has 1 aliphatic carbocycles. The Labute approximate surface area is 252 Å². The van der Waals surface area contributed by atoms with Gasteiger partial charge in [0.15, 0.2) is 5.13 Å². The summed E-state index contributed by atoms with van der Waals surface area (Å²) in [6.07, 6.45) is 6.13. The third-order valence-electron chi connectivity index (χ3n) is 8.06. The molecule has 0 atom stereocenters. The molecule has 220 valence electrons. The van der Waals surface area contributed by atoms with Crippen LogP contribution < -0.4 is 9.21 Å². The molecule has 1 fully saturated rings. The third kappa shape index (κ3) is 6.52. The van der Waals surface area contributed by atoms with Gasteiger partial charge in [0, 0.05) is 30.6 Å². The molecule has 0 unspecified atom stereocenters. The summed E-state index contributed by atoms with van der Waals surface area (Å²) in [7, 11) is -2.10. The lowest BCUT2D eigenvalue weighted by atomic mass is 9.84. The second-order valence-electron chi connectivity index (χ2n) is 11.2. The maximum atomic E-state index is 13.4. The fraction of sp³-hybridized carbons (Fsp3) is 0.333. The number of carboxylic acid groups (broad SMARTS) is 1. The van der Waals surface area contributed by atoms with Crippen LogP contribution in [0.15, 0.2) is 83.1 Å². The van der Waals surface area contributed by atoms with E-state index >= 15 is 0 Å². The van der Waals surface area contributed by atoms with Crippen molar-refractivity contribution in [3.8, 4) is 11.3 Å². The van der Waals surface area contributed by atoms with Gasteiger partial charge in [0.2, 0.25) is 0 Å². The number of aromatic carboxylic acids is 1. The molecule has 1 N–H and O–H groups in total. The number of carbonyl (C=O) groups is 1. The summed E-state index contributed by atoms with van der Waals surface area (Å²) in [5.74, 6) is -0.407. The van der Waals surface area contributed by atoms with Crippen LogP contribution >= 0.6 is 11.3 Å². The highest BCUT2D eigenvalue weighted by molar-refractivity contribution is 7.92. The Bertz CT molecular complexity index is 1610. The predicted molar refractivity (Wildman–Crippen MR) is 170 cm³/mol. The van der Waals surface area contributed by atoms with Crippen LogP contribution in [-0.4, -0.2) is 37.6 Å². The molecule has 0 amide bonds. The van der Waals surface area contributed by atoms with E-state index < -0.39 is 16.0 Å². The molecule has 1 aromatic heterocycles. The molecule has 0 bridgehead atoms. The average Bonchev–Trinajstić information content (AvgIpc) is 3.50. The van der Waals surface area contributed by atoms with E-state index in [1.54, 1.807) is 42.6 Å². The van der Waals surface area contributed by atoms with Crippen molar-refractivity contribution in [2.45, 2.75) is 69.4 Å². The summed E-state index contributed by atoms with van der Waals surface area (Å²) < 4.78 is 28.1. The predicted octanol–water partition coefficient (Wildman–Crippen LogP) is 7.80. The van der Waals surface area contributed by atoms with Gasteiger partial charge in [0.05, 0.1) is 21.8 Å². The second kappa shape index (κ2) is 12.7. The quantitative estimate of drug-likeness (QED) is 0.199. The zero-order valence-electron chi connectivity index (χ0n) is 24.2. The highest BCUT2D eigenvalue weighted by atomic mass is 32.2. The summed E-state index contributed by atoms with van der Waals surface area (Å²) in [4.78, 5) is 18.5. The fourth-order valence-corrected chi connectivity index (χ4v) is 7.60. The first-order valence-electron chi connectivity index (χ1n) is 14.4. The lowest BCUT2D eigenvalue weighted by molar-refractivity contribution is 0.0697. The molecule has 1 saturated carbocycles. The van der Waals surface area contributed by atoms with Crippen LogP contribution in [-0.2, 0) is 16.6 Å². The van der Waals surface area contributed by atoms with E-state index in [0.29, 0.717) is 23.0 Å². The van der Waals surface area contributed by atoms with Gasteiger partial charge in [-0.25, -0.2) is 18.2 Å². The van der Waals surface area contributed by atoms with Crippen molar-refractivity contribution < 1.29 is 18.3 Å². The number of rotatable bonds is 10. The van der Waals surface area contributed by atoms with Crippen LogP contribution in [0.1, 0.15) is 73.4 Å². The number of thiazole rings is 1. The van der Waals surface area contributed by atoms with Crippen LogP contribution in [0.5, 0.6) is 0 Å². The van der Waals surface area contributed by atoms with E-state index in [4.69, 9.17) is 4.98 Å². The van der Waals surface area contributed by atoms with Crippen molar-refractivity contribution in [1.29, 1.82) is 0 Å². The Hall–Kier alpha value is -3.69. The van der Waals surface area contributed by atoms with Gasteiger partial charge in [-0.3, -0.25) is 4.31 Å². The van der Waals surface area contributed by atoms with Crippen LogP contribution in [0.4, 0.5) is 10.8 Å². The zero-order chi connectivity index (χ0) is 29.9. The Morgan fingerprint density at radius 3 is 2.19 bits per heavy atom. The highest BCUT2D eigenvalue weighted by Gasteiger charge is 2.23. The largest absolute Gasteiger partial charge is 0.478 e. The normalized spacial score (nSPS) is 14.2. The number of nitrogens with zero attached hydrogens (tertiary/aromatic N) is 3. The van der Waals surface area contributed by atoms with E-state index in [9.17, 15) is 18.3 Å². The molecule has 0 saturated heterocycles. The zero-order valence-corrected chi connectivity index (χ0v) is 25.9. The molecular formula is C33H37N3O4S2. The van der Waals surface area contributed by atoms with Gasteiger partial charge < -0.3 is 10.0 Å². The number of hydrogen-bond donors (Lipinski definition) is 1. The molecule has 4 aromatic rings. The maximum absolute atomic E-state index is 13.4. The summed E-state index contributed by atoms with van der Waals surface area (Å²) in [6.45, 7) is 4.80. The minimum atomic E-state index is -3.69. The van der Waals surface area contributed by atoms with Crippen LogP contribution in [0.2, 0.25) is 0 Å². The molecule has 7 nitrogen and oxygen atoms in total. The fourth-order valence-electron chi connectivity index (χ4n) is 5.44. The van der Waals surface area contributed by atoms with Crippen molar-refractivity contribution in [3.05, 3.63) is 94.9 Å². The summed E-state index contributed by atoms with van der Waals surface area (Å²) in [5.41, 5.74) is 4.80. The Morgan fingerprint density at radius 1 is 0.952 bits per heavy atom. The van der Waals surface area contributed by atoms with Crippen molar-refractivity contribution in [2.75, 3.05) is 16.3 Å². The summed E-state index contributed by atoms with van der Waals surface area (Å²) in [6, 6.07) is 21.9. The van der Waals surface area contributed by atoms with Crippen LogP contribution in [0.3, 0.4) is 0 Å². The Morgan fingerprint density at radius 2 is 1.60 bits per heavy atom. The molecular weight excluding hydrogens is 567 g/mol. The highest BCUT2D eigenvalue weighted by Crippen LogP contribution is 2.34. The second-order valence-corrected chi connectivity index (χ2v) is 14.0. The van der Waals surface area contributed by atoms with Crippen molar-refractivity contribution >= 4 is 38.1 Å². The average molecular weight is 604 g/mol. The minimum absolute atomic E-state index is 0.182. The van der Waals surface area contributed by atoms with E-state index in [1.807, 2.05) is 53.9 Å². The SMILES string of the molecule is CC(C)N(Cc1ccc(C(=O)O)cc1)c1nc(-c2ccc(N(C)S(=O)(=O)c3ccc(C4CCCCC4)cc3)cc2)cs1. The lowest BCUT2D eigenvalue weighted by Gasteiger charge is -2.26. The van der Waals surface area contributed by atoms with Gasteiger partial charge in [-0.2, -0.15) is 0 Å². The first-order valence-corrected chi connectivity index (χ1v) is 16.7. The number of anilines is 2. The number of aromatic nitrogens is 1. The standard InChI is InChI=1S/C33H37N3O4S2/c1-23(2)36(21-24-9-11-28(12-10-24)32(37)38)33-34-31(22-41-33)27-13-17-29(18-14-27)35(3)42(39,40)30-19-15-26(16-20-30)25-7-5-4-6-8-25/h9-20,22-23,25H,4-8,21H2,1-3H3,(H,37,38). The molecule has 1 aliphatic rings. The van der Waals surface area contributed by atoms with Gasteiger partial charge in [0.1, 0.15) is 0 Å².